The van der Waals surface area contributed by atoms with E-state index in [-0.39, 0.29) is 16.9 Å². The third kappa shape index (κ3) is 2.64. The molecule has 1 aromatic heterocycles. The van der Waals surface area contributed by atoms with Gasteiger partial charge in [-0.05, 0) is 22.9 Å². The number of aliphatic hydroxyl groups excluding tert-OH is 1. The summed E-state index contributed by atoms with van der Waals surface area (Å²) in [6, 6.07) is 14.4. The predicted molar refractivity (Wildman–Crippen MR) is 90.7 cm³/mol. The maximum Gasteiger partial charge on any atom is 0.176 e. The second kappa shape index (κ2) is 6.31. The first-order chi connectivity index (χ1) is 12.6. The highest BCUT2D eigenvalue weighted by Crippen LogP contribution is 2.35. The third-order valence-electron chi connectivity index (χ3n) is 4.22. The van der Waals surface area contributed by atoms with Crippen molar-refractivity contribution in [1.82, 2.24) is 5.16 Å². The summed E-state index contributed by atoms with van der Waals surface area (Å²) < 4.78 is 45.9. The van der Waals surface area contributed by atoms with E-state index in [0.29, 0.717) is 23.4 Å². The van der Waals surface area contributed by atoms with Crippen LogP contribution in [0.2, 0.25) is 0 Å². The van der Waals surface area contributed by atoms with Crippen molar-refractivity contribution < 1.29 is 22.8 Å². The van der Waals surface area contributed by atoms with Crippen LogP contribution in [-0.4, -0.2) is 10.3 Å². The summed E-state index contributed by atoms with van der Waals surface area (Å²) in [5, 5.41) is 15.6. The quantitative estimate of drug-likeness (QED) is 0.522. The number of nitrogens with zero attached hydrogens (tertiary/aromatic N) is 1. The minimum atomic E-state index is -1.30. The molecule has 1 heterocycles. The summed E-state index contributed by atoms with van der Waals surface area (Å²) in [6.45, 7) is -0.501. The molecule has 0 amide bonds. The van der Waals surface area contributed by atoms with Crippen molar-refractivity contribution in [1.29, 1.82) is 0 Å². The monoisotopic (exact) mass is 355 g/mol. The van der Waals surface area contributed by atoms with Crippen molar-refractivity contribution in [3.63, 3.8) is 0 Å². The molecule has 0 fully saturated rings. The second-order valence-electron chi connectivity index (χ2n) is 5.81. The summed E-state index contributed by atoms with van der Waals surface area (Å²) >= 11 is 0. The van der Waals surface area contributed by atoms with Gasteiger partial charge in [-0.3, -0.25) is 0 Å². The first kappa shape index (κ1) is 16.4. The Morgan fingerprint density at radius 1 is 0.846 bits per heavy atom. The lowest BCUT2D eigenvalue weighted by molar-refractivity contribution is 0.281. The van der Waals surface area contributed by atoms with E-state index in [1.165, 1.54) is 0 Å². The average Bonchev–Trinajstić information content (AvgIpc) is 3.08. The van der Waals surface area contributed by atoms with Gasteiger partial charge in [0.15, 0.2) is 17.4 Å². The number of aromatic nitrogens is 1. The highest BCUT2D eigenvalue weighted by atomic mass is 19.2. The Labute approximate surface area is 146 Å². The molecule has 0 atom stereocenters. The molecule has 0 saturated heterocycles. The summed E-state index contributed by atoms with van der Waals surface area (Å²) in [7, 11) is 0. The lowest BCUT2D eigenvalue weighted by atomic mass is 10.00. The van der Waals surface area contributed by atoms with Gasteiger partial charge in [-0.15, -0.1) is 0 Å². The fourth-order valence-corrected chi connectivity index (χ4v) is 2.93. The van der Waals surface area contributed by atoms with Crippen LogP contribution < -0.4 is 0 Å². The van der Waals surface area contributed by atoms with Crippen molar-refractivity contribution >= 4 is 10.8 Å². The smallest absolute Gasteiger partial charge is 0.176 e. The molecule has 1 N–H and O–H groups in total. The summed E-state index contributed by atoms with van der Waals surface area (Å²) in [5.41, 5.74) is 0.876. The van der Waals surface area contributed by atoms with Gasteiger partial charge >= 0.3 is 0 Å². The molecule has 0 aliphatic heterocycles. The fourth-order valence-electron chi connectivity index (χ4n) is 2.93. The van der Waals surface area contributed by atoms with E-state index in [4.69, 9.17) is 4.52 Å². The van der Waals surface area contributed by atoms with Crippen LogP contribution in [-0.2, 0) is 6.61 Å². The van der Waals surface area contributed by atoms with Crippen LogP contribution in [0.15, 0.2) is 59.1 Å². The van der Waals surface area contributed by atoms with E-state index in [1.807, 2.05) is 36.4 Å². The summed E-state index contributed by atoms with van der Waals surface area (Å²) in [6.07, 6.45) is 0. The molecule has 6 heteroatoms. The number of hydrogen-bond donors (Lipinski definition) is 1. The molecule has 0 radical (unpaired) electrons. The van der Waals surface area contributed by atoms with Gasteiger partial charge in [-0.1, -0.05) is 41.6 Å². The zero-order valence-corrected chi connectivity index (χ0v) is 13.3. The number of hydrogen-bond acceptors (Lipinski definition) is 3. The minimum Gasteiger partial charge on any atom is -0.391 e. The number of rotatable bonds is 3. The molecule has 4 rings (SSSR count). The number of fused-ring (bicyclic) bond motifs is 1. The largest absolute Gasteiger partial charge is 0.391 e. The highest BCUT2D eigenvalue weighted by molar-refractivity contribution is 5.87. The molecule has 3 nitrogen and oxygen atoms in total. The van der Waals surface area contributed by atoms with Crippen LogP contribution in [0, 0.1) is 17.5 Å². The van der Waals surface area contributed by atoms with Crippen molar-refractivity contribution in [2.75, 3.05) is 0 Å². The van der Waals surface area contributed by atoms with Crippen molar-refractivity contribution in [3.8, 4) is 22.6 Å². The van der Waals surface area contributed by atoms with E-state index >= 15 is 0 Å². The van der Waals surface area contributed by atoms with Crippen LogP contribution in [0.4, 0.5) is 13.2 Å². The van der Waals surface area contributed by atoms with E-state index in [1.54, 1.807) is 6.07 Å². The van der Waals surface area contributed by atoms with Crippen LogP contribution >= 0.6 is 0 Å². The van der Waals surface area contributed by atoms with Crippen molar-refractivity contribution in [2.24, 2.45) is 0 Å². The van der Waals surface area contributed by atoms with E-state index < -0.39 is 24.1 Å². The van der Waals surface area contributed by atoms with Crippen LogP contribution in [0.25, 0.3) is 33.4 Å². The lowest BCUT2D eigenvalue weighted by Crippen LogP contribution is -1.94. The Kier molecular flexibility index (Phi) is 3.97. The Bertz CT molecular complexity index is 1120. The maximum atomic E-state index is 14.1. The van der Waals surface area contributed by atoms with Gasteiger partial charge in [0.2, 0.25) is 0 Å². The zero-order chi connectivity index (χ0) is 18.3. The number of aliphatic hydroxyl groups is 1. The Balaban J connectivity index is 1.88. The van der Waals surface area contributed by atoms with Crippen molar-refractivity contribution in [3.05, 3.63) is 77.6 Å². The number of benzene rings is 3. The minimum absolute atomic E-state index is 0.132. The lowest BCUT2D eigenvalue weighted by Gasteiger charge is -2.05. The molecule has 3 aromatic carbocycles. The van der Waals surface area contributed by atoms with Gasteiger partial charge in [0.25, 0.3) is 0 Å². The second-order valence-corrected chi connectivity index (χ2v) is 5.81. The van der Waals surface area contributed by atoms with E-state index in [9.17, 15) is 18.3 Å². The number of halogens is 3. The van der Waals surface area contributed by atoms with Crippen LogP contribution in [0.3, 0.4) is 0 Å². The first-order valence-electron chi connectivity index (χ1n) is 7.82. The third-order valence-corrected chi connectivity index (χ3v) is 4.22. The maximum absolute atomic E-state index is 14.1. The van der Waals surface area contributed by atoms with Gasteiger partial charge in [0.05, 0.1) is 17.7 Å². The van der Waals surface area contributed by atoms with Crippen LogP contribution in [0.5, 0.6) is 0 Å². The van der Waals surface area contributed by atoms with Gasteiger partial charge in [-0.2, -0.15) is 0 Å². The molecule has 0 saturated carbocycles. The molecule has 0 unspecified atom stereocenters. The molecule has 0 spiro atoms. The van der Waals surface area contributed by atoms with Gasteiger partial charge < -0.3 is 9.63 Å². The Morgan fingerprint density at radius 3 is 2.35 bits per heavy atom. The molecule has 130 valence electrons. The SMILES string of the molecule is OCc1c(-c2ccc3ccccc3c2)noc1-c1cc(F)c(F)cc1F. The van der Waals surface area contributed by atoms with E-state index in [2.05, 4.69) is 5.16 Å². The highest BCUT2D eigenvalue weighted by Gasteiger charge is 2.22. The van der Waals surface area contributed by atoms with E-state index in [0.717, 1.165) is 10.8 Å². The first-order valence-corrected chi connectivity index (χ1v) is 7.82. The van der Waals surface area contributed by atoms with Gasteiger partial charge in [0.1, 0.15) is 11.5 Å². The Hall–Kier alpha value is -3.12. The standard InChI is InChI=1S/C20H12F3NO2/c21-16-9-18(23)17(22)8-14(16)20-15(10-25)19(24-26-20)13-6-5-11-3-1-2-4-12(11)7-13/h1-9,25H,10H2. The molecule has 0 aliphatic carbocycles. The molecule has 26 heavy (non-hydrogen) atoms. The van der Waals surface area contributed by atoms with Crippen LogP contribution in [0.1, 0.15) is 5.56 Å². The van der Waals surface area contributed by atoms with Gasteiger partial charge in [0, 0.05) is 11.6 Å². The van der Waals surface area contributed by atoms with Crippen molar-refractivity contribution in [2.45, 2.75) is 6.61 Å². The van der Waals surface area contributed by atoms with Gasteiger partial charge in [-0.25, -0.2) is 13.2 Å². The summed E-state index contributed by atoms with van der Waals surface area (Å²) in [4.78, 5) is 0. The normalized spacial score (nSPS) is 11.2. The zero-order valence-electron chi connectivity index (χ0n) is 13.3. The predicted octanol–water partition coefficient (Wildman–Crippen LogP) is 5.07. The molecule has 0 bridgehead atoms. The fraction of sp³-hybridized carbons (Fsp3) is 0.0500. The summed E-state index contributed by atoms with van der Waals surface area (Å²) in [5.74, 6) is -3.65. The topological polar surface area (TPSA) is 46.3 Å². The molecular weight excluding hydrogens is 343 g/mol. The molecule has 4 aromatic rings. The molecule has 0 aliphatic rings. The Morgan fingerprint density at radius 2 is 1.58 bits per heavy atom. The average molecular weight is 355 g/mol. The molecular formula is C20H12F3NO2.